The van der Waals surface area contributed by atoms with Crippen LogP contribution in [0.5, 0.6) is 0 Å². The largest absolute Gasteiger partial charge is 0.0853 e. The van der Waals surface area contributed by atoms with Crippen molar-refractivity contribution in [2.24, 2.45) is 0 Å². The van der Waals surface area contributed by atoms with Crippen LogP contribution in [-0.2, 0) is 38.5 Å². The summed E-state index contributed by atoms with van der Waals surface area (Å²) in [6.07, 6.45) is 6.95. The van der Waals surface area contributed by atoms with Crippen molar-refractivity contribution in [3.05, 3.63) is 57.6 Å². The Morgan fingerprint density at radius 3 is 1.00 bits per heavy atom. The van der Waals surface area contributed by atoms with Gasteiger partial charge in [-0.25, -0.2) is 0 Å². The number of benzene rings is 2. The molecule has 0 radical (unpaired) electrons. The first-order chi connectivity index (χ1) is 13.1. The lowest BCUT2D eigenvalue weighted by Gasteiger charge is -2.18. The lowest BCUT2D eigenvalue weighted by atomic mass is 10.0. The van der Waals surface area contributed by atoms with E-state index in [2.05, 4.69) is 65.8 Å². The van der Waals surface area contributed by atoms with Crippen molar-refractivity contribution >= 4 is 27.8 Å². The molecule has 0 heterocycles. The Labute approximate surface area is 171 Å². The fourth-order valence-electron chi connectivity index (χ4n) is 3.88. The van der Waals surface area contributed by atoms with Crippen LogP contribution in [0.2, 0.25) is 0 Å². The summed E-state index contributed by atoms with van der Waals surface area (Å²) < 4.78 is 0. The lowest BCUT2D eigenvalue weighted by Crippen LogP contribution is -2.14. The van der Waals surface area contributed by atoms with Crippen LogP contribution in [0, 0.1) is 0 Å². The Kier molecular flexibility index (Phi) is 9.48. The minimum absolute atomic E-state index is 0.945. The molecule has 0 fully saturated rings. The molecule has 27 heavy (non-hydrogen) atoms. The second-order valence-electron chi connectivity index (χ2n) is 7.23. The molecule has 0 amide bonds. The van der Waals surface area contributed by atoms with Gasteiger partial charge in [0.05, 0.1) is 0 Å². The molecule has 0 aliphatic heterocycles. The van der Waals surface area contributed by atoms with Crippen LogP contribution in [0.25, 0.3) is 0 Å². The molecule has 0 spiro atoms. The third-order valence-electron chi connectivity index (χ3n) is 5.59. The molecule has 0 aliphatic carbocycles. The highest BCUT2D eigenvalue weighted by Gasteiger charge is 2.12. The van der Waals surface area contributed by atoms with E-state index in [-0.39, 0.29) is 0 Å². The summed E-state index contributed by atoms with van der Waals surface area (Å²) in [5.74, 6) is 1.32. The fraction of sp³-hybridized carbons (Fsp3) is 0.520. The lowest BCUT2D eigenvalue weighted by molar-refractivity contribution is 1.06. The molecule has 2 heteroatoms. The molecule has 148 valence electrons. The van der Waals surface area contributed by atoms with Gasteiger partial charge >= 0.3 is 0 Å². The first-order valence-corrected chi connectivity index (χ1v) is 13.3. The van der Waals surface area contributed by atoms with Gasteiger partial charge in [0, 0.05) is 0 Å². The summed E-state index contributed by atoms with van der Waals surface area (Å²) in [5.41, 5.74) is 9.42. The minimum Gasteiger partial charge on any atom is -0.0853 e. The van der Waals surface area contributed by atoms with Gasteiger partial charge in [0.15, 0.2) is 0 Å². The normalized spacial score (nSPS) is 12.1. The maximum Gasteiger partial charge on any atom is -0.00943 e. The first kappa shape index (κ1) is 22.6. The van der Waals surface area contributed by atoms with Crippen molar-refractivity contribution in [2.45, 2.75) is 80.1 Å². The fourth-order valence-corrected chi connectivity index (χ4v) is 7.55. The average Bonchev–Trinajstić information content (AvgIpc) is 2.72. The van der Waals surface area contributed by atoms with Crippen molar-refractivity contribution < 1.29 is 0 Å². The van der Waals surface area contributed by atoms with E-state index in [1.165, 1.54) is 17.0 Å². The van der Waals surface area contributed by atoms with Crippen LogP contribution in [0.15, 0.2) is 24.3 Å². The van der Waals surface area contributed by atoms with Crippen LogP contribution >= 0.6 is 17.2 Å². The van der Waals surface area contributed by atoms with E-state index < -0.39 is 0 Å². The SMILES string of the molecule is CCc1cc(CC)c(PCPc2c(CC)cc(CC)cc2CC)c(CC)c1. The Balaban J connectivity index is 2.24. The van der Waals surface area contributed by atoms with Crippen molar-refractivity contribution in [3.8, 4) is 0 Å². The van der Waals surface area contributed by atoms with Crippen molar-refractivity contribution in [2.75, 3.05) is 5.90 Å². The van der Waals surface area contributed by atoms with Gasteiger partial charge in [0.2, 0.25) is 0 Å². The van der Waals surface area contributed by atoms with E-state index in [9.17, 15) is 0 Å². The molecule has 0 bridgehead atoms. The molecule has 0 saturated heterocycles. The number of hydrogen-bond donors (Lipinski definition) is 0. The van der Waals surface area contributed by atoms with Crippen LogP contribution in [-0.4, -0.2) is 5.90 Å². The summed E-state index contributed by atoms with van der Waals surface area (Å²) in [7, 11) is 1.89. The van der Waals surface area contributed by atoms with Crippen molar-refractivity contribution in [3.63, 3.8) is 0 Å². The van der Waals surface area contributed by atoms with E-state index in [0.29, 0.717) is 0 Å². The van der Waals surface area contributed by atoms with E-state index in [0.717, 1.165) is 55.7 Å². The summed E-state index contributed by atoms with van der Waals surface area (Å²) in [4.78, 5) is 0. The topological polar surface area (TPSA) is 0 Å². The van der Waals surface area contributed by atoms with E-state index in [4.69, 9.17) is 0 Å². The van der Waals surface area contributed by atoms with E-state index >= 15 is 0 Å². The maximum atomic E-state index is 2.47. The van der Waals surface area contributed by atoms with Crippen LogP contribution in [0.3, 0.4) is 0 Å². The average molecular weight is 401 g/mol. The van der Waals surface area contributed by atoms with E-state index in [1.807, 2.05) is 0 Å². The van der Waals surface area contributed by atoms with Gasteiger partial charge in [-0.15, -0.1) is 0 Å². The Morgan fingerprint density at radius 2 is 0.778 bits per heavy atom. The Hall–Kier alpha value is -0.700. The molecule has 0 saturated carbocycles. The zero-order chi connectivity index (χ0) is 19.8. The van der Waals surface area contributed by atoms with Gasteiger partial charge in [0.1, 0.15) is 0 Å². The van der Waals surface area contributed by atoms with Gasteiger partial charge < -0.3 is 0 Å². The Bertz CT molecular complexity index is 632. The van der Waals surface area contributed by atoms with Gasteiger partial charge in [0.25, 0.3) is 0 Å². The number of aryl methyl sites for hydroxylation is 6. The first-order valence-electron chi connectivity index (χ1n) is 10.9. The minimum atomic E-state index is 0.945. The number of rotatable bonds is 10. The summed E-state index contributed by atoms with van der Waals surface area (Å²) in [6.45, 7) is 13.8. The molecule has 2 unspecified atom stereocenters. The molecule has 2 atom stereocenters. The molecule has 0 N–H and O–H groups in total. The summed E-state index contributed by atoms with van der Waals surface area (Å²) in [5, 5.41) is 3.34. The highest BCUT2D eigenvalue weighted by molar-refractivity contribution is 7.64. The van der Waals surface area contributed by atoms with Crippen LogP contribution in [0.4, 0.5) is 0 Å². The van der Waals surface area contributed by atoms with Crippen molar-refractivity contribution in [1.82, 2.24) is 0 Å². The monoisotopic (exact) mass is 400 g/mol. The second-order valence-corrected chi connectivity index (χ2v) is 10.4. The van der Waals surface area contributed by atoms with Gasteiger partial charge in [-0.1, -0.05) is 83.0 Å². The molecule has 2 aromatic rings. The predicted molar refractivity (Wildman–Crippen MR) is 130 cm³/mol. The van der Waals surface area contributed by atoms with Gasteiger partial charge in [-0.2, -0.15) is 0 Å². The van der Waals surface area contributed by atoms with E-state index in [1.54, 1.807) is 32.9 Å². The third kappa shape index (κ3) is 5.65. The molecule has 0 nitrogen and oxygen atoms in total. The van der Waals surface area contributed by atoms with Crippen LogP contribution < -0.4 is 10.6 Å². The highest BCUT2D eigenvalue weighted by Crippen LogP contribution is 2.30. The molecule has 0 aliphatic rings. The Morgan fingerprint density at radius 1 is 0.481 bits per heavy atom. The molecular weight excluding hydrogens is 362 g/mol. The standard InChI is InChI=1S/C25H38P2/c1-7-18-13-20(9-3)24(21(10-4)14-18)26-17-27-25-22(11-5)15-19(8-2)16-23(25)12-6/h13-16,26-27H,7-12,17H2,1-6H3. The second kappa shape index (κ2) is 11.3. The quantitative estimate of drug-likeness (QED) is 0.409. The van der Waals surface area contributed by atoms with Gasteiger partial charge in [-0.05, 0) is 88.4 Å². The van der Waals surface area contributed by atoms with Crippen molar-refractivity contribution in [1.29, 1.82) is 0 Å². The predicted octanol–water partition coefficient (Wildman–Crippen LogP) is 6.33. The molecular formula is C25H38P2. The smallest absolute Gasteiger partial charge is 0.00943 e. The molecule has 2 rings (SSSR count). The number of hydrogen-bond acceptors (Lipinski definition) is 0. The highest BCUT2D eigenvalue weighted by atomic mass is 31.1. The third-order valence-corrected chi connectivity index (χ3v) is 9.00. The zero-order valence-electron chi connectivity index (χ0n) is 18.3. The molecule has 2 aromatic carbocycles. The van der Waals surface area contributed by atoms with Gasteiger partial charge in [-0.3, -0.25) is 0 Å². The summed E-state index contributed by atoms with van der Waals surface area (Å²) in [6, 6.07) is 9.87. The summed E-state index contributed by atoms with van der Waals surface area (Å²) >= 11 is 0. The maximum absolute atomic E-state index is 2.47. The molecule has 0 aromatic heterocycles. The zero-order valence-corrected chi connectivity index (χ0v) is 20.3. The van der Waals surface area contributed by atoms with Crippen LogP contribution in [0.1, 0.15) is 74.9 Å².